The molecule has 3 heterocycles. The molecular weight excluding hydrogens is 460 g/mol. The molecule has 0 spiro atoms. The van der Waals surface area contributed by atoms with Crippen LogP contribution in [0.1, 0.15) is 114 Å². The predicted molar refractivity (Wildman–Crippen MR) is 165 cm³/mol. The molecule has 0 bridgehead atoms. The molecule has 3 rings (SSSR count). The Hall–Kier alpha value is -1.52. The highest BCUT2D eigenvalue weighted by Gasteiger charge is 2.19. The van der Waals surface area contributed by atoms with Crippen molar-refractivity contribution in [3.05, 3.63) is 58.8 Å². The zero-order valence-corrected chi connectivity index (χ0v) is 26.9. The molecule has 2 aromatic rings. The van der Waals surface area contributed by atoms with Crippen LogP contribution in [0.5, 0.6) is 0 Å². The van der Waals surface area contributed by atoms with Gasteiger partial charge >= 0.3 is 0 Å². The summed E-state index contributed by atoms with van der Waals surface area (Å²) in [6, 6.07) is 6.05. The highest BCUT2D eigenvalue weighted by atomic mass is 32.1. The maximum Gasteiger partial charge on any atom is 0.0794 e. The first kappa shape index (κ1) is 39.0. The molecule has 1 unspecified atom stereocenters. The van der Waals surface area contributed by atoms with E-state index >= 15 is 0 Å². The van der Waals surface area contributed by atoms with Gasteiger partial charge in [-0.15, -0.1) is 11.3 Å². The van der Waals surface area contributed by atoms with Crippen LogP contribution in [0.4, 0.5) is 0 Å². The monoisotopic (exact) mass is 520 g/mol. The van der Waals surface area contributed by atoms with Gasteiger partial charge in [0.1, 0.15) is 0 Å². The average Bonchev–Trinajstić information content (AvgIpc) is 3.36. The van der Waals surface area contributed by atoms with E-state index in [0.29, 0.717) is 17.4 Å². The third kappa shape index (κ3) is 27.1. The molecule has 0 aromatic carbocycles. The van der Waals surface area contributed by atoms with Gasteiger partial charge in [0.25, 0.3) is 0 Å². The first-order valence-corrected chi connectivity index (χ1v) is 15.1. The lowest BCUT2D eigenvalue weighted by Crippen LogP contribution is -2.22. The lowest BCUT2D eigenvalue weighted by Gasteiger charge is -2.26. The van der Waals surface area contributed by atoms with Crippen molar-refractivity contribution in [1.29, 1.82) is 0 Å². The second-order valence-electron chi connectivity index (χ2n) is 9.92. The number of rotatable bonds is 5. The van der Waals surface area contributed by atoms with Gasteiger partial charge in [0.15, 0.2) is 0 Å². The van der Waals surface area contributed by atoms with Crippen molar-refractivity contribution in [3.63, 3.8) is 0 Å². The number of thiazole rings is 1. The Morgan fingerprint density at radius 1 is 0.861 bits per heavy atom. The van der Waals surface area contributed by atoms with E-state index in [0.717, 1.165) is 38.2 Å². The fourth-order valence-electron chi connectivity index (χ4n) is 3.09. The largest absolute Gasteiger partial charge is 0.374 e. The third-order valence-corrected chi connectivity index (χ3v) is 4.91. The van der Waals surface area contributed by atoms with Gasteiger partial charge in [0.05, 0.1) is 23.9 Å². The normalized spacial score (nSPS) is 13.8. The molecular formula is C32H60N2OS. The van der Waals surface area contributed by atoms with E-state index in [1.165, 1.54) is 11.4 Å². The van der Waals surface area contributed by atoms with Gasteiger partial charge < -0.3 is 4.74 Å². The SMILES string of the molecule is CC.CC.CC.CC(C)(C)CC1CC=CCO1.CC(C)Cc1ccccn1.CC(C)Cc1cscn1. The van der Waals surface area contributed by atoms with E-state index in [1.807, 2.05) is 65.4 Å². The molecule has 0 N–H and O–H groups in total. The summed E-state index contributed by atoms with van der Waals surface area (Å²) < 4.78 is 5.57. The van der Waals surface area contributed by atoms with E-state index < -0.39 is 0 Å². The molecule has 1 aliphatic rings. The summed E-state index contributed by atoms with van der Waals surface area (Å²) in [7, 11) is 0. The molecule has 36 heavy (non-hydrogen) atoms. The predicted octanol–water partition coefficient (Wildman–Crippen LogP) is 10.5. The zero-order valence-electron chi connectivity index (χ0n) is 26.1. The molecule has 1 aliphatic heterocycles. The van der Waals surface area contributed by atoms with E-state index in [1.54, 1.807) is 11.3 Å². The van der Waals surface area contributed by atoms with E-state index in [9.17, 15) is 0 Å². The van der Waals surface area contributed by atoms with Crippen molar-refractivity contribution in [2.24, 2.45) is 17.3 Å². The number of hydrogen-bond acceptors (Lipinski definition) is 4. The quantitative estimate of drug-likeness (QED) is 0.368. The molecule has 210 valence electrons. The first-order chi connectivity index (χ1) is 17.2. The Balaban J connectivity index is -0.000000411. The van der Waals surface area contributed by atoms with E-state index in [-0.39, 0.29) is 0 Å². The summed E-state index contributed by atoms with van der Waals surface area (Å²) in [6.07, 6.45) is 11.1. The van der Waals surface area contributed by atoms with Crippen molar-refractivity contribution >= 4 is 11.3 Å². The van der Waals surface area contributed by atoms with Crippen molar-refractivity contribution in [2.75, 3.05) is 6.61 Å². The van der Waals surface area contributed by atoms with Gasteiger partial charge in [-0.1, -0.05) is 108 Å². The zero-order chi connectivity index (χ0) is 28.4. The Kier molecular flexibility index (Phi) is 28.8. The minimum absolute atomic E-state index is 0.399. The summed E-state index contributed by atoms with van der Waals surface area (Å²) in [5.74, 6) is 1.43. The minimum Gasteiger partial charge on any atom is -0.374 e. The molecule has 0 saturated heterocycles. The Bertz CT molecular complexity index is 674. The molecule has 4 heteroatoms. The molecule has 0 saturated carbocycles. The van der Waals surface area contributed by atoms with Crippen molar-refractivity contribution in [2.45, 2.75) is 122 Å². The lowest BCUT2D eigenvalue weighted by atomic mass is 9.88. The van der Waals surface area contributed by atoms with Crippen LogP contribution in [0.2, 0.25) is 0 Å². The second kappa shape index (κ2) is 26.5. The van der Waals surface area contributed by atoms with Crippen LogP contribution in [-0.4, -0.2) is 22.7 Å². The average molecular weight is 521 g/mol. The Labute approximate surface area is 230 Å². The summed E-state index contributed by atoms with van der Waals surface area (Å²) in [5, 5.41) is 2.11. The topological polar surface area (TPSA) is 35.0 Å². The summed E-state index contributed by atoms with van der Waals surface area (Å²) >= 11 is 1.67. The maximum absolute atomic E-state index is 5.57. The van der Waals surface area contributed by atoms with Crippen molar-refractivity contribution in [3.8, 4) is 0 Å². The van der Waals surface area contributed by atoms with Crippen LogP contribution in [0.3, 0.4) is 0 Å². The highest BCUT2D eigenvalue weighted by Crippen LogP contribution is 2.25. The minimum atomic E-state index is 0.399. The lowest BCUT2D eigenvalue weighted by molar-refractivity contribution is 0.0379. The third-order valence-electron chi connectivity index (χ3n) is 4.28. The van der Waals surface area contributed by atoms with Crippen LogP contribution in [-0.2, 0) is 17.6 Å². The Morgan fingerprint density at radius 2 is 1.44 bits per heavy atom. The fraction of sp³-hybridized carbons (Fsp3) is 0.688. The highest BCUT2D eigenvalue weighted by molar-refractivity contribution is 7.07. The molecule has 0 aliphatic carbocycles. The maximum atomic E-state index is 5.57. The standard InChI is InChI=1S/C10H18O.C9H13N.C7H11NS.3C2H6/c1-10(2,3)8-9-6-4-5-7-11-9;1-8(2)7-9-5-3-4-6-10-9;1-6(2)3-7-4-9-5-8-7;3*1-2/h4-5,9H,6-8H2,1-3H3;3-6,8H,7H2,1-2H3;4-6H,3H2,1-2H3;3*1-2H3. The van der Waals surface area contributed by atoms with Crippen LogP contribution in [0, 0.1) is 17.3 Å². The number of ether oxygens (including phenoxy) is 1. The van der Waals surface area contributed by atoms with Crippen LogP contribution in [0.25, 0.3) is 0 Å². The van der Waals surface area contributed by atoms with Gasteiger partial charge in [-0.05, 0) is 55.1 Å². The van der Waals surface area contributed by atoms with Gasteiger partial charge in [-0.2, -0.15) is 0 Å². The van der Waals surface area contributed by atoms with Crippen LogP contribution < -0.4 is 0 Å². The number of aromatic nitrogens is 2. The van der Waals surface area contributed by atoms with Crippen LogP contribution >= 0.6 is 11.3 Å². The number of nitrogens with zero attached hydrogens (tertiary/aromatic N) is 2. The molecule has 0 amide bonds. The van der Waals surface area contributed by atoms with Crippen LogP contribution in [0.15, 0.2) is 47.4 Å². The molecule has 0 fully saturated rings. The molecule has 1 atom stereocenters. The second-order valence-corrected chi connectivity index (χ2v) is 10.6. The summed E-state index contributed by atoms with van der Waals surface area (Å²) in [5.41, 5.74) is 4.71. The van der Waals surface area contributed by atoms with Gasteiger partial charge in [-0.25, -0.2) is 4.98 Å². The van der Waals surface area contributed by atoms with Crippen molar-refractivity contribution < 1.29 is 4.74 Å². The van der Waals surface area contributed by atoms with Gasteiger partial charge in [0.2, 0.25) is 0 Å². The van der Waals surface area contributed by atoms with Gasteiger partial charge in [0, 0.05) is 17.3 Å². The summed E-state index contributed by atoms with van der Waals surface area (Å²) in [4.78, 5) is 8.39. The molecule has 0 radical (unpaired) electrons. The fourth-order valence-corrected chi connectivity index (χ4v) is 3.67. The summed E-state index contributed by atoms with van der Waals surface area (Å²) in [6.45, 7) is 28.4. The smallest absolute Gasteiger partial charge is 0.0794 e. The van der Waals surface area contributed by atoms with E-state index in [2.05, 4.69) is 82.0 Å². The van der Waals surface area contributed by atoms with Crippen molar-refractivity contribution in [1.82, 2.24) is 9.97 Å². The van der Waals surface area contributed by atoms with Gasteiger partial charge in [-0.3, -0.25) is 4.98 Å². The molecule has 3 nitrogen and oxygen atoms in total. The number of pyridine rings is 1. The van der Waals surface area contributed by atoms with E-state index in [4.69, 9.17) is 4.74 Å². The first-order valence-electron chi connectivity index (χ1n) is 14.2. The Morgan fingerprint density at radius 3 is 1.83 bits per heavy atom. The molecule has 2 aromatic heterocycles. The number of hydrogen-bond donors (Lipinski definition) is 0.